The number of ether oxygens (including phenoxy) is 2. The third kappa shape index (κ3) is 5.24. The van der Waals surface area contributed by atoms with E-state index in [1.807, 2.05) is 6.07 Å². The number of aliphatic carboxylic acids is 1. The van der Waals surface area contributed by atoms with Gasteiger partial charge >= 0.3 is 12.0 Å². The van der Waals surface area contributed by atoms with E-state index in [-0.39, 0.29) is 24.5 Å². The number of hydrogen-bond donors (Lipinski definition) is 1. The van der Waals surface area contributed by atoms with E-state index in [1.54, 1.807) is 25.7 Å². The van der Waals surface area contributed by atoms with Gasteiger partial charge in [0.2, 0.25) is 5.88 Å². The van der Waals surface area contributed by atoms with Crippen molar-refractivity contribution in [2.24, 2.45) is 11.8 Å². The average molecular weight is 476 g/mol. The summed E-state index contributed by atoms with van der Waals surface area (Å²) < 4.78 is 11.4. The molecule has 0 unspecified atom stereocenters. The summed E-state index contributed by atoms with van der Waals surface area (Å²) in [6.07, 6.45) is 6.94. The normalized spacial score (nSPS) is 25.2. The van der Waals surface area contributed by atoms with E-state index in [0.717, 1.165) is 43.9 Å². The summed E-state index contributed by atoms with van der Waals surface area (Å²) in [5.74, 6) is 0.298. The predicted molar refractivity (Wildman–Crippen MR) is 125 cm³/mol. The third-order valence-electron chi connectivity index (χ3n) is 6.66. The van der Waals surface area contributed by atoms with E-state index in [1.165, 1.54) is 0 Å². The van der Waals surface area contributed by atoms with Crippen molar-refractivity contribution in [3.63, 3.8) is 0 Å². The van der Waals surface area contributed by atoms with Gasteiger partial charge in [-0.15, -0.1) is 0 Å². The van der Waals surface area contributed by atoms with Gasteiger partial charge in [-0.2, -0.15) is 0 Å². The number of piperidine rings is 1. The zero-order valence-corrected chi connectivity index (χ0v) is 19.9. The Morgan fingerprint density at radius 3 is 2.58 bits per heavy atom. The van der Waals surface area contributed by atoms with Crippen LogP contribution in [0.5, 0.6) is 11.9 Å². The summed E-state index contributed by atoms with van der Waals surface area (Å²) in [4.78, 5) is 28.6. The maximum absolute atomic E-state index is 11.3. The topological polar surface area (TPSA) is 101 Å². The fourth-order valence-electron chi connectivity index (χ4n) is 4.75. The molecule has 0 aromatic carbocycles. The average Bonchev–Trinajstić information content (AvgIpc) is 3.15. The van der Waals surface area contributed by atoms with Gasteiger partial charge in [-0.05, 0) is 12.3 Å². The molecule has 0 spiro atoms. The molecule has 9 nitrogen and oxygen atoms in total. The maximum Gasteiger partial charge on any atom is 0.316 e. The zero-order chi connectivity index (χ0) is 23.5. The van der Waals surface area contributed by atoms with Crippen LogP contribution < -0.4 is 19.3 Å². The summed E-state index contributed by atoms with van der Waals surface area (Å²) in [7, 11) is 1.59. The van der Waals surface area contributed by atoms with Crippen molar-refractivity contribution in [3.8, 4) is 11.9 Å². The number of rotatable bonds is 7. The van der Waals surface area contributed by atoms with Gasteiger partial charge in [0.25, 0.3) is 0 Å². The smallest absolute Gasteiger partial charge is 0.316 e. The van der Waals surface area contributed by atoms with Gasteiger partial charge in [0, 0.05) is 44.1 Å². The van der Waals surface area contributed by atoms with Crippen LogP contribution in [0.25, 0.3) is 0 Å². The Kier molecular flexibility index (Phi) is 7.07. The minimum absolute atomic E-state index is 0.0128. The van der Waals surface area contributed by atoms with E-state index in [4.69, 9.17) is 21.1 Å². The van der Waals surface area contributed by atoms with Gasteiger partial charge in [-0.1, -0.05) is 25.4 Å². The molecule has 2 aromatic heterocycles. The third-order valence-corrected chi connectivity index (χ3v) is 6.95. The number of methoxy groups -OCH3 is 1. The van der Waals surface area contributed by atoms with Crippen molar-refractivity contribution in [2.75, 3.05) is 36.5 Å². The summed E-state index contributed by atoms with van der Waals surface area (Å²) in [5, 5.41) is 9.84. The molecular formula is C23H30ClN5O4. The number of carboxylic acids is 1. The highest BCUT2D eigenvalue weighted by Gasteiger charge is 2.34. The van der Waals surface area contributed by atoms with Gasteiger partial charge in [0.1, 0.15) is 6.10 Å². The molecule has 10 heteroatoms. The van der Waals surface area contributed by atoms with E-state index < -0.39 is 5.97 Å². The Morgan fingerprint density at radius 1 is 1.15 bits per heavy atom. The number of anilines is 2. The van der Waals surface area contributed by atoms with E-state index >= 15 is 0 Å². The molecule has 0 bridgehead atoms. The van der Waals surface area contributed by atoms with Crippen LogP contribution >= 0.6 is 11.6 Å². The molecule has 2 aromatic rings. The van der Waals surface area contributed by atoms with Gasteiger partial charge in [0.05, 0.1) is 48.5 Å². The van der Waals surface area contributed by atoms with Crippen molar-refractivity contribution in [2.45, 2.75) is 45.3 Å². The number of nitrogens with zero attached hydrogens (tertiary/aromatic N) is 5. The second kappa shape index (κ2) is 9.99. The first kappa shape index (κ1) is 23.4. The van der Waals surface area contributed by atoms with Gasteiger partial charge < -0.3 is 24.4 Å². The number of halogens is 1. The second-order valence-electron chi connectivity index (χ2n) is 8.89. The highest BCUT2D eigenvalue weighted by atomic mass is 35.5. The molecule has 2 fully saturated rings. The van der Waals surface area contributed by atoms with Crippen LogP contribution in [0.1, 0.15) is 33.1 Å². The summed E-state index contributed by atoms with van der Waals surface area (Å²) in [6.45, 7) is 6.59. The molecule has 4 heterocycles. The highest BCUT2D eigenvalue weighted by Crippen LogP contribution is 2.33. The lowest BCUT2D eigenvalue weighted by molar-refractivity contribution is -0.137. The van der Waals surface area contributed by atoms with E-state index in [2.05, 4.69) is 38.6 Å². The maximum atomic E-state index is 11.3. The van der Waals surface area contributed by atoms with Crippen molar-refractivity contribution < 1.29 is 19.4 Å². The van der Waals surface area contributed by atoms with Gasteiger partial charge in [0.15, 0.2) is 0 Å². The van der Waals surface area contributed by atoms with E-state index in [0.29, 0.717) is 22.8 Å². The largest absolute Gasteiger partial charge is 0.481 e. The quantitative estimate of drug-likeness (QED) is 0.644. The predicted octanol–water partition coefficient (Wildman–Crippen LogP) is 3.52. The fourth-order valence-corrected chi connectivity index (χ4v) is 4.98. The van der Waals surface area contributed by atoms with Crippen LogP contribution in [0.3, 0.4) is 0 Å². The molecule has 2 saturated heterocycles. The lowest BCUT2D eigenvalue weighted by Crippen LogP contribution is -2.44. The number of pyridine rings is 1. The van der Waals surface area contributed by atoms with Crippen LogP contribution in [0.2, 0.25) is 5.02 Å². The lowest BCUT2D eigenvalue weighted by atomic mass is 9.96. The fraction of sp³-hybridized carbons (Fsp3) is 0.565. The first-order chi connectivity index (χ1) is 15.9. The van der Waals surface area contributed by atoms with Crippen molar-refractivity contribution in [3.05, 3.63) is 29.7 Å². The monoisotopic (exact) mass is 475 g/mol. The molecule has 2 aliphatic heterocycles. The van der Waals surface area contributed by atoms with Gasteiger partial charge in [-0.25, -0.2) is 15.0 Å². The second-order valence-corrected chi connectivity index (χ2v) is 9.30. The lowest BCUT2D eigenvalue weighted by Gasteiger charge is -2.38. The minimum atomic E-state index is -0.786. The first-order valence-corrected chi connectivity index (χ1v) is 11.6. The molecule has 4 rings (SSSR count). The van der Waals surface area contributed by atoms with Gasteiger partial charge in [-0.3, -0.25) is 4.79 Å². The molecular weight excluding hydrogens is 446 g/mol. The Balaban J connectivity index is 1.38. The van der Waals surface area contributed by atoms with Crippen molar-refractivity contribution in [1.82, 2.24) is 15.0 Å². The summed E-state index contributed by atoms with van der Waals surface area (Å²) >= 11 is 6.37. The molecule has 1 N–H and O–H groups in total. The van der Waals surface area contributed by atoms with Crippen LogP contribution in [0, 0.1) is 11.8 Å². The van der Waals surface area contributed by atoms with Crippen molar-refractivity contribution >= 4 is 28.9 Å². The summed E-state index contributed by atoms with van der Waals surface area (Å²) in [5.41, 5.74) is 1.74. The summed E-state index contributed by atoms with van der Waals surface area (Å²) in [6, 6.07) is 2.16. The number of aromatic nitrogens is 3. The number of hydrogen-bond acceptors (Lipinski definition) is 8. The molecule has 33 heavy (non-hydrogen) atoms. The SMILES string of the molecule is COc1cc(N2CC[C@@H](Oc3ncc(N4CC[C@@H](C)[C@@H]4CC(=O)O)cn3)[C@H](C)C2)c(Cl)cn1. The number of carbonyl (C=O) groups is 1. The molecule has 0 saturated carbocycles. The Morgan fingerprint density at radius 2 is 1.91 bits per heavy atom. The Bertz CT molecular complexity index is 976. The molecule has 0 amide bonds. The van der Waals surface area contributed by atoms with Crippen LogP contribution in [-0.2, 0) is 4.79 Å². The minimum Gasteiger partial charge on any atom is -0.481 e. The Hall–Kier alpha value is -2.81. The van der Waals surface area contributed by atoms with Crippen LogP contribution in [-0.4, -0.2) is 64.9 Å². The Labute approximate surface area is 198 Å². The first-order valence-electron chi connectivity index (χ1n) is 11.3. The van der Waals surface area contributed by atoms with Crippen LogP contribution in [0.15, 0.2) is 24.7 Å². The number of carboxylic acid groups (broad SMARTS) is 1. The van der Waals surface area contributed by atoms with Crippen molar-refractivity contribution in [1.29, 1.82) is 0 Å². The molecule has 178 valence electrons. The van der Waals surface area contributed by atoms with Crippen LogP contribution in [0.4, 0.5) is 11.4 Å². The molecule has 2 aliphatic rings. The molecule has 0 radical (unpaired) electrons. The highest BCUT2D eigenvalue weighted by molar-refractivity contribution is 6.33. The molecule has 0 aliphatic carbocycles. The molecule has 4 atom stereocenters. The standard InChI is InChI=1S/C23H30ClN5O4/c1-14-4-7-29(18(14)9-22(30)31)16-10-26-23(27-11-16)33-20-5-6-28(13-15(20)2)19-8-21(32-3)25-12-17(19)24/h8,10-12,14-15,18,20H,4-7,9,13H2,1-3H3,(H,30,31)/t14-,15-,18+,20-/m1/s1. The van der Waals surface area contributed by atoms with E-state index in [9.17, 15) is 9.90 Å². The zero-order valence-electron chi connectivity index (χ0n) is 19.1.